The maximum absolute atomic E-state index is 13.7. The van der Waals surface area contributed by atoms with Crippen molar-refractivity contribution in [2.45, 2.75) is 12.0 Å². The molecule has 0 unspecified atom stereocenters. The van der Waals surface area contributed by atoms with Crippen LogP contribution in [0.25, 0.3) is 11.0 Å². The second kappa shape index (κ2) is 7.20. The lowest BCUT2D eigenvalue weighted by Crippen LogP contribution is -2.30. The van der Waals surface area contributed by atoms with Crippen LogP contribution in [0, 0.1) is 0 Å². The smallest absolute Gasteiger partial charge is 0.196 e. The third-order valence-electron chi connectivity index (χ3n) is 5.61. The number of benzene rings is 3. The Balaban J connectivity index is 1.84. The molecule has 166 valence electrons. The van der Waals surface area contributed by atoms with E-state index in [0.717, 1.165) is 24.5 Å². The van der Waals surface area contributed by atoms with E-state index in [2.05, 4.69) is 0 Å². The zero-order valence-electron chi connectivity index (χ0n) is 16.7. The summed E-state index contributed by atoms with van der Waals surface area (Å²) in [4.78, 5) is 26.1. The highest BCUT2D eigenvalue weighted by Gasteiger charge is 2.44. The van der Waals surface area contributed by atoms with Crippen LogP contribution in [0.5, 0.6) is 34.5 Å². The molecule has 0 radical (unpaired) electrons. The van der Waals surface area contributed by atoms with Crippen LogP contribution in [0.4, 0.5) is 0 Å². The molecule has 0 spiro atoms. The molecule has 2 heterocycles. The van der Waals surface area contributed by atoms with Crippen LogP contribution in [0.2, 0.25) is 0 Å². The Labute approximate surface area is 185 Å². The van der Waals surface area contributed by atoms with Gasteiger partial charge in [-0.1, -0.05) is 12.1 Å². The van der Waals surface area contributed by atoms with Gasteiger partial charge in [-0.25, -0.2) is 0 Å². The van der Waals surface area contributed by atoms with Gasteiger partial charge in [-0.3, -0.25) is 9.59 Å². The number of Topliss-reactive ketones (excluding diaryl/α,β-unsaturated/α-hetero) is 1. The summed E-state index contributed by atoms with van der Waals surface area (Å²) in [5.74, 6) is -4.04. The van der Waals surface area contributed by atoms with Crippen LogP contribution in [-0.2, 0) is 0 Å². The quantitative estimate of drug-likeness (QED) is 0.310. The largest absolute Gasteiger partial charge is 0.508 e. The first-order valence-corrected chi connectivity index (χ1v) is 9.78. The summed E-state index contributed by atoms with van der Waals surface area (Å²) in [5, 5.41) is 50.7. The van der Waals surface area contributed by atoms with Crippen LogP contribution in [0.1, 0.15) is 33.5 Å². The summed E-state index contributed by atoms with van der Waals surface area (Å²) in [7, 11) is 0. The molecular weight excluding hydrogens is 432 g/mol. The second-order valence-corrected chi connectivity index (χ2v) is 7.63. The molecule has 0 fully saturated rings. The molecule has 0 bridgehead atoms. The van der Waals surface area contributed by atoms with Gasteiger partial charge in [0.2, 0.25) is 0 Å². The number of hydrogen-bond acceptors (Lipinski definition) is 9. The molecule has 2 atom stereocenters. The molecule has 9 nitrogen and oxygen atoms in total. The summed E-state index contributed by atoms with van der Waals surface area (Å²) >= 11 is 0. The van der Waals surface area contributed by atoms with E-state index in [4.69, 9.17) is 9.15 Å². The van der Waals surface area contributed by atoms with Crippen molar-refractivity contribution in [1.29, 1.82) is 0 Å². The maximum atomic E-state index is 13.7. The Morgan fingerprint density at radius 2 is 1.48 bits per heavy atom. The minimum atomic E-state index is -1.33. The van der Waals surface area contributed by atoms with E-state index < -0.39 is 40.5 Å². The number of carbonyl (C=O) groups is 1. The minimum absolute atomic E-state index is 0.0305. The Hall–Kier alpha value is -4.66. The topological polar surface area (TPSA) is 158 Å². The van der Waals surface area contributed by atoms with Crippen molar-refractivity contribution in [2.75, 3.05) is 0 Å². The van der Waals surface area contributed by atoms with Crippen LogP contribution < -0.4 is 10.2 Å². The predicted octanol–water partition coefficient (Wildman–Crippen LogP) is 3.42. The van der Waals surface area contributed by atoms with Gasteiger partial charge in [0.1, 0.15) is 57.1 Å². The van der Waals surface area contributed by atoms with E-state index in [0.29, 0.717) is 5.56 Å². The molecule has 3 aromatic carbocycles. The summed E-state index contributed by atoms with van der Waals surface area (Å²) < 4.78 is 11.5. The molecule has 9 heteroatoms. The molecule has 5 N–H and O–H groups in total. The Morgan fingerprint density at radius 3 is 2.21 bits per heavy atom. The summed E-state index contributed by atoms with van der Waals surface area (Å²) in [6.07, 6.45) is -0.0452. The Kier molecular flexibility index (Phi) is 4.42. The van der Waals surface area contributed by atoms with Crippen molar-refractivity contribution in [3.05, 3.63) is 81.7 Å². The van der Waals surface area contributed by atoms with Crippen molar-refractivity contribution in [3.63, 3.8) is 0 Å². The zero-order chi connectivity index (χ0) is 23.4. The fraction of sp³-hybridized carbons (Fsp3) is 0.0833. The van der Waals surface area contributed by atoms with Crippen LogP contribution >= 0.6 is 0 Å². The van der Waals surface area contributed by atoms with Gasteiger partial charge in [0, 0.05) is 24.3 Å². The standard InChI is InChI=1S/C24H16O9/c25-11-3-1-10(2-4-11)23-21(22(31)19-14(28)7-12(26)8-17(19)33-23)20-16(30)9-15(29)18-13(27)5-6-32-24(18)20/h1-9,21,23,25-26,28-30H/t21-,23+/m1/s1. The first-order valence-electron chi connectivity index (χ1n) is 9.78. The van der Waals surface area contributed by atoms with Crippen LogP contribution in [-0.4, -0.2) is 31.3 Å². The highest BCUT2D eigenvalue weighted by molar-refractivity contribution is 6.09. The lowest BCUT2D eigenvalue weighted by molar-refractivity contribution is 0.0772. The van der Waals surface area contributed by atoms with Crippen LogP contribution in [0.3, 0.4) is 0 Å². The van der Waals surface area contributed by atoms with Gasteiger partial charge in [-0.15, -0.1) is 0 Å². The number of aromatic hydroxyl groups is 5. The monoisotopic (exact) mass is 448 g/mol. The van der Waals surface area contributed by atoms with E-state index in [1.807, 2.05) is 0 Å². The number of ketones is 1. The summed E-state index contributed by atoms with van der Waals surface area (Å²) in [5.41, 5.74) is -0.743. The normalized spacial score (nSPS) is 17.5. The molecule has 1 aliphatic rings. The molecule has 0 saturated carbocycles. The number of fused-ring (bicyclic) bond motifs is 2. The minimum Gasteiger partial charge on any atom is -0.508 e. The molecule has 33 heavy (non-hydrogen) atoms. The average Bonchev–Trinajstić information content (AvgIpc) is 2.74. The van der Waals surface area contributed by atoms with Gasteiger partial charge >= 0.3 is 0 Å². The first-order chi connectivity index (χ1) is 15.8. The number of hydrogen-bond donors (Lipinski definition) is 5. The number of carbonyl (C=O) groups excluding carboxylic acids is 1. The second-order valence-electron chi connectivity index (χ2n) is 7.63. The van der Waals surface area contributed by atoms with E-state index in [-0.39, 0.29) is 39.3 Å². The number of ether oxygens (including phenoxy) is 1. The molecule has 0 aliphatic carbocycles. The van der Waals surface area contributed by atoms with Gasteiger partial charge in [-0.05, 0) is 17.7 Å². The third kappa shape index (κ3) is 3.09. The molecule has 0 saturated heterocycles. The maximum Gasteiger partial charge on any atom is 0.196 e. The summed E-state index contributed by atoms with van der Waals surface area (Å²) in [6.45, 7) is 0. The highest BCUT2D eigenvalue weighted by atomic mass is 16.5. The van der Waals surface area contributed by atoms with Gasteiger partial charge in [0.05, 0.1) is 17.7 Å². The van der Waals surface area contributed by atoms with Gasteiger partial charge in [0.15, 0.2) is 11.2 Å². The number of phenols is 5. The number of phenolic OH excluding ortho intramolecular Hbond substituents is 5. The molecule has 1 aliphatic heterocycles. The predicted molar refractivity (Wildman–Crippen MR) is 114 cm³/mol. The van der Waals surface area contributed by atoms with Gasteiger partial charge in [0.25, 0.3) is 0 Å². The molecule has 5 rings (SSSR count). The van der Waals surface area contributed by atoms with E-state index in [1.54, 1.807) is 0 Å². The van der Waals surface area contributed by atoms with E-state index in [9.17, 15) is 35.1 Å². The van der Waals surface area contributed by atoms with Crippen molar-refractivity contribution in [1.82, 2.24) is 0 Å². The van der Waals surface area contributed by atoms with Gasteiger partial charge < -0.3 is 34.7 Å². The van der Waals surface area contributed by atoms with E-state index >= 15 is 0 Å². The lowest BCUT2D eigenvalue weighted by atomic mass is 9.79. The fourth-order valence-electron chi connectivity index (χ4n) is 4.19. The SMILES string of the molecule is O=C1c2c(O)cc(O)cc2O[C@@H](c2ccc(O)cc2)[C@@H]1c1c(O)cc(O)c2c(=O)ccoc12. The molecule has 0 amide bonds. The average molecular weight is 448 g/mol. The lowest BCUT2D eigenvalue weighted by Gasteiger charge is -2.34. The van der Waals surface area contributed by atoms with Crippen molar-refractivity contribution >= 4 is 16.8 Å². The summed E-state index contributed by atoms with van der Waals surface area (Å²) in [6, 6.07) is 9.94. The van der Waals surface area contributed by atoms with Gasteiger partial charge in [-0.2, -0.15) is 0 Å². The third-order valence-corrected chi connectivity index (χ3v) is 5.61. The van der Waals surface area contributed by atoms with E-state index in [1.165, 1.54) is 30.3 Å². The molecular formula is C24H16O9. The first kappa shape index (κ1) is 20.3. The Morgan fingerprint density at radius 1 is 0.758 bits per heavy atom. The van der Waals surface area contributed by atoms with Crippen LogP contribution in [0.15, 0.2) is 64.0 Å². The number of rotatable bonds is 2. The van der Waals surface area contributed by atoms with Crippen molar-refractivity contribution in [3.8, 4) is 34.5 Å². The molecule has 4 aromatic rings. The van der Waals surface area contributed by atoms with Crippen molar-refractivity contribution < 1.29 is 39.5 Å². The fourth-order valence-corrected chi connectivity index (χ4v) is 4.19. The van der Waals surface area contributed by atoms with Crippen molar-refractivity contribution in [2.24, 2.45) is 0 Å². The Bertz CT molecular complexity index is 1490. The molecule has 1 aromatic heterocycles. The zero-order valence-corrected chi connectivity index (χ0v) is 16.7. The highest BCUT2D eigenvalue weighted by Crippen LogP contribution is 2.51.